The fourth-order valence-corrected chi connectivity index (χ4v) is 1.96. The summed E-state index contributed by atoms with van der Waals surface area (Å²) in [6.45, 7) is 0.495. The topological polar surface area (TPSA) is 88.5 Å². The molecule has 0 spiro atoms. The number of para-hydroxylation sites is 2. The monoisotopic (exact) mass is 270 g/mol. The zero-order valence-electron chi connectivity index (χ0n) is 11.0. The number of imidazole rings is 1. The third kappa shape index (κ3) is 2.51. The van der Waals surface area contributed by atoms with E-state index >= 15 is 0 Å². The lowest BCUT2D eigenvalue weighted by molar-refractivity contribution is 0.0949. The largest absolute Gasteiger partial charge is 0.350 e. The summed E-state index contributed by atoms with van der Waals surface area (Å²) in [5.74, 6) is 0.625. The van der Waals surface area contributed by atoms with Crippen LogP contribution < -0.4 is 5.32 Å². The predicted octanol–water partition coefficient (Wildman–Crippen LogP) is 0.664. The van der Waals surface area contributed by atoms with E-state index in [9.17, 15) is 4.79 Å². The average molecular weight is 270 g/mol. The van der Waals surface area contributed by atoms with E-state index in [4.69, 9.17) is 0 Å². The lowest BCUT2D eigenvalue weighted by Crippen LogP contribution is -2.26. The summed E-state index contributed by atoms with van der Waals surface area (Å²) in [5.41, 5.74) is 2.25. The van der Waals surface area contributed by atoms with E-state index in [1.807, 2.05) is 24.3 Å². The second-order valence-electron chi connectivity index (χ2n) is 4.48. The number of rotatable bonds is 4. The van der Waals surface area contributed by atoms with Crippen LogP contribution in [0, 0.1) is 0 Å². The molecule has 0 radical (unpaired) electrons. The molecule has 2 aromatic heterocycles. The van der Waals surface area contributed by atoms with Crippen LogP contribution >= 0.6 is 0 Å². The molecule has 0 aliphatic carbocycles. The Hall–Kier alpha value is -2.70. The Kier molecular flexibility index (Phi) is 3.16. The normalized spacial score (nSPS) is 10.8. The molecule has 0 aliphatic rings. The van der Waals surface area contributed by atoms with Gasteiger partial charge in [0, 0.05) is 20.0 Å². The molecule has 3 aromatic rings. The highest BCUT2D eigenvalue weighted by molar-refractivity contribution is 5.91. The van der Waals surface area contributed by atoms with Crippen LogP contribution in [0.1, 0.15) is 16.3 Å². The van der Waals surface area contributed by atoms with Gasteiger partial charge in [-0.3, -0.25) is 9.48 Å². The first-order valence-electron chi connectivity index (χ1n) is 6.30. The molecule has 0 saturated heterocycles. The zero-order chi connectivity index (χ0) is 13.9. The van der Waals surface area contributed by atoms with Crippen molar-refractivity contribution < 1.29 is 4.79 Å². The molecule has 0 aliphatic heterocycles. The van der Waals surface area contributed by atoms with E-state index in [1.165, 1.54) is 4.68 Å². The molecule has 2 heterocycles. The molecule has 0 saturated carbocycles. The van der Waals surface area contributed by atoms with Crippen LogP contribution in [0.4, 0.5) is 0 Å². The molecule has 1 aromatic carbocycles. The summed E-state index contributed by atoms with van der Waals surface area (Å²) >= 11 is 0. The predicted molar refractivity (Wildman–Crippen MR) is 73.1 cm³/mol. The number of fused-ring (bicyclic) bond motifs is 1. The third-order valence-corrected chi connectivity index (χ3v) is 2.92. The minimum Gasteiger partial charge on any atom is -0.350 e. The van der Waals surface area contributed by atoms with Crippen LogP contribution in [0.5, 0.6) is 0 Å². The van der Waals surface area contributed by atoms with Crippen molar-refractivity contribution in [3.63, 3.8) is 0 Å². The van der Waals surface area contributed by atoms with Gasteiger partial charge in [0.05, 0.1) is 17.2 Å². The Labute approximate surface area is 115 Å². The summed E-state index contributed by atoms with van der Waals surface area (Å²) in [6, 6.07) is 7.83. The number of carbonyl (C=O) groups excluding carboxylic acids is 1. The van der Waals surface area contributed by atoms with Gasteiger partial charge in [0.1, 0.15) is 5.82 Å². The van der Waals surface area contributed by atoms with E-state index in [2.05, 4.69) is 25.6 Å². The van der Waals surface area contributed by atoms with Crippen molar-refractivity contribution >= 4 is 16.9 Å². The number of carbonyl (C=O) groups is 1. The highest BCUT2D eigenvalue weighted by Gasteiger charge is 2.09. The molecule has 102 valence electrons. The van der Waals surface area contributed by atoms with Gasteiger partial charge in [-0.05, 0) is 12.1 Å². The summed E-state index contributed by atoms with van der Waals surface area (Å²) < 4.78 is 1.49. The number of amides is 1. The number of hydrogen-bond donors (Lipinski definition) is 2. The average Bonchev–Trinajstić information content (AvgIpc) is 3.04. The first-order valence-corrected chi connectivity index (χ1v) is 6.30. The molecule has 20 heavy (non-hydrogen) atoms. The van der Waals surface area contributed by atoms with Crippen LogP contribution in [0.3, 0.4) is 0 Å². The van der Waals surface area contributed by atoms with Crippen LogP contribution in [-0.2, 0) is 13.5 Å². The second-order valence-corrected chi connectivity index (χ2v) is 4.48. The van der Waals surface area contributed by atoms with E-state index in [-0.39, 0.29) is 5.91 Å². The maximum Gasteiger partial charge on any atom is 0.273 e. The van der Waals surface area contributed by atoms with Crippen molar-refractivity contribution in [1.29, 1.82) is 0 Å². The Morgan fingerprint density at radius 3 is 3.00 bits per heavy atom. The molecule has 7 heteroatoms. The van der Waals surface area contributed by atoms with Crippen molar-refractivity contribution in [3.05, 3.63) is 42.0 Å². The SMILES string of the molecule is Cn1cc(C(=O)NCCc2nc3ccccc3[nH]2)nn1. The number of aryl methyl sites for hydroxylation is 1. The smallest absolute Gasteiger partial charge is 0.273 e. The van der Waals surface area contributed by atoms with Crippen LogP contribution in [-0.4, -0.2) is 37.4 Å². The van der Waals surface area contributed by atoms with Gasteiger partial charge < -0.3 is 10.3 Å². The van der Waals surface area contributed by atoms with Crippen LogP contribution in [0.2, 0.25) is 0 Å². The number of hydrogen-bond acceptors (Lipinski definition) is 4. The maximum atomic E-state index is 11.8. The Balaban J connectivity index is 1.58. The number of nitrogens with zero attached hydrogens (tertiary/aromatic N) is 4. The highest BCUT2D eigenvalue weighted by Crippen LogP contribution is 2.10. The Morgan fingerprint density at radius 2 is 2.25 bits per heavy atom. The number of aromatic nitrogens is 5. The molecular formula is C13H14N6O. The molecule has 0 bridgehead atoms. The lowest BCUT2D eigenvalue weighted by atomic mass is 10.3. The fourth-order valence-electron chi connectivity index (χ4n) is 1.96. The second kappa shape index (κ2) is 5.12. The maximum absolute atomic E-state index is 11.8. The van der Waals surface area contributed by atoms with Crippen molar-refractivity contribution in [1.82, 2.24) is 30.3 Å². The van der Waals surface area contributed by atoms with E-state index < -0.39 is 0 Å². The van der Waals surface area contributed by atoms with E-state index in [1.54, 1.807) is 13.2 Å². The lowest BCUT2D eigenvalue weighted by Gasteiger charge is -2.00. The van der Waals surface area contributed by atoms with Crippen LogP contribution in [0.15, 0.2) is 30.5 Å². The molecule has 7 nitrogen and oxygen atoms in total. The molecule has 0 fully saturated rings. The summed E-state index contributed by atoms with van der Waals surface area (Å²) in [7, 11) is 1.72. The van der Waals surface area contributed by atoms with Gasteiger partial charge in [-0.1, -0.05) is 17.3 Å². The summed E-state index contributed by atoms with van der Waals surface area (Å²) in [4.78, 5) is 19.4. The molecule has 3 rings (SSSR count). The molecule has 2 N–H and O–H groups in total. The van der Waals surface area contributed by atoms with Crippen LogP contribution in [0.25, 0.3) is 11.0 Å². The van der Waals surface area contributed by atoms with E-state index in [0.717, 1.165) is 16.9 Å². The van der Waals surface area contributed by atoms with Crippen molar-refractivity contribution in [3.8, 4) is 0 Å². The number of aromatic amines is 1. The quantitative estimate of drug-likeness (QED) is 0.729. The Bertz CT molecular complexity index is 711. The number of benzene rings is 1. The highest BCUT2D eigenvalue weighted by atomic mass is 16.2. The van der Waals surface area contributed by atoms with Gasteiger partial charge in [0.2, 0.25) is 0 Å². The molecule has 0 unspecified atom stereocenters. The van der Waals surface area contributed by atoms with Gasteiger partial charge in [0.25, 0.3) is 5.91 Å². The summed E-state index contributed by atoms with van der Waals surface area (Å²) in [6.07, 6.45) is 2.22. The summed E-state index contributed by atoms with van der Waals surface area (Å²) in [5, 5.41) is 10.3. The Morgan fingerprint density at radius 1 is 1.40 bits per heavy atom. The fraction of sp³-hybridized carbons (Fsp3) is 0.231. The molecular weight excluding hydrogens is 256 g/mol. The van der Waals surface area contributed by atoms with Gasteiger partial charge in [0.15, 0.2) is 5.69 Å². The first-order chi connectivity index (χ1) is 9.72. The van der Waals surface area contributed by atoms with Crippen molar-refractivity contribution in [2.24, 2.45) is 7.05 Å². The van der Waals surface area contributed by atoms with Crippen molar-refractivity contribution in [2.45, 2.75) is 6.42 Å². The molecule has 0 atom stereocenters. The van der Waals surface area contributed by atoms with Crippen molar-refractivity contribution in [2.75, 3.05) is 6.54 Å². The zero-order valence-corrected chi connectivity index (χ0v) is 11.0. The minimum atomic E-state index is -0.228. The van der Waals surface area contributed by atoms with Gasteiger partial charge in [-0.25, -0.2) is 4.98 Å². The van der Waals surface area contributed by atoms with Gasteiger partial charge in [-0.15, -0.1) is 5.10 Å². The first kappa shape index (κ1) is 12.3. The minimum absolute atomic E-state index is 0.228. The van der Waals surface area contributed by atoms with Gasteiger partial charge in [-0.2, -0.15) is 0 Å². The van der Waals surface area contributed by atoms with Gasteiger partial charge >= 0.3 is 0 Å². The number of H-pyrrole nitrogens is 1. The molecule has 1 amide bonds. The third-order valence-electron chi connectivity index (χ3n) is 2.92. The number of nitrogens with one attached hydrogen (secondary N) is 2. The van der Waals surface area contributed by atoms with E-state index in [0.29, 0.717) is 18.7 Å². The standard InChI is InChI=1S/C13H14N6O/c1-19-8-11(17-18-19)13(20)14-7-6-12-15-9-4-2-3-5-10(9)16-12/h2-5,8H,6-7H2,1H3,(H,14,20)(H,15,16).